The van der Waals surface area contributed by atoms with Gasteiger partial charge in [0.05, 0.1) is 0 Å². The summed E-state index contributed by atoms with van der Waals surface area (Å²) in [6.07, 6.45) is 0. The SMILES string of the molecule is Cc1ccc(NC(=O)COC(=O)CNS(=O)(=O)c2ccccc2F)cc1F. The lowest BCUT2D eigenvalue weighted by Crippen LogP contribution is -2.32. The Hall–Kier alpha value is -2.85. The molecule has 0 bridgehead atoms. The van der Waals surface area contributed by atoms with Crippen LogP contribution in [0, 0.1) is 18.6 Å². The fraction of sp³-hybridized carbons (Fsp3) is 0.176. The topological polar surface area (TPSA) is 102 Å². The third-order valence-corrected chi connectivity index (χ3v) is 4.79. The van der Waals surface area contributed by atoms with E-state index in [1.54, 1.807) is 6.92 Å². The summed E-state index contributed by atoms with van der Waals surface area (Å²) in [5.74, 6) is -3.25. The molecule has 2 N–H and O–H groups in total. The van der Waals surface area contributed by atoms with E-state index in [0.29, 0.717) is 5.56 Å². The van der Waals surface area contributed by atoms with Crippen LogP contribution in [-0.4, -0.2) is 33.4 Å². The summed E-state index contributed by atoms with van der Waals surface area (Å²) in [6, 6.07) is 8.70. The Morgan fingerprint density at radius 2 is 1.78 bits per heavy atom. The first-order valence-corrected chi connectivity index (χ1v) is 9.13. The zero-order valence-corrected chi connectivity index (χ0v) is 15.0. The molecule has 2 rings (SSSR count). The van der Waals surface area contributed by atoms with Gasteiger partial charge in [0, 0.05) is 5.69 Å². The van der Waals surface area contributed by atoms with Crippen molar-refractivity contribution in [3.8, 4) is 0 Å². The fourth-order valence-electron chi connectivity index (χ4n) is 1.96. The van der Waals surface area contributed by atoms with Crippen molar-refractivity contribution in [2.75, 3.05) is 18.5 Å². The first kappa shape index (κ1) is 20.5. The third-order valence-electron chi connectivity index (χ3n) is 3.35. The smallest absolute Gasteiger partial charge is 0.321 e. The highest BCUT2D eigenvalue weighted by molar-refractivity contribution is 7.89. The quantitative estimate of drug-likeness (QED) is 0.692. The Bertz CT molecular complexity index is 964. The van der Waals surface area contributed by atoms with E-state index in [-0.39, 0.29) is 5.69 Å². The van der Waals surface area contributed by atoms with Crippen LogP contribution in [-0.2, 0) is 24.3 Å². The van der Waals surface area contributed by atoms with Crippen LogP contribution in [0.5, 0.6) is 0 Å². The predicted octanol–water partition coefficient (Wildman–Crippen LogP) is 1.73. The third kappa shape index (κ3) is 5.83. The van der Waals surface area contributed by atoms with Gasteiger partial charge in [0.25, 0.3) is 5.91 Å². The molecule has 7 nitrogen and oxygen atoms in total. The number of ether oxygens (including phenoxy) is 1. The highest BCUT2D eigenvalue weighted by atomic mass is 32.2. The molecule has 0 aliphatic rings. The van der Waals surface area contributed by atoms with E-state index in [1.807, 2.05) is 4.72 Å². The van der Waals surface area contributed by atoms with Crippen LogP contribution in [0.15, 0.2) is 47.4 Å². The summed E-state index contributed by atoms with van der Waals surface area (Å²) >= 11 is 0. The van der Waals surface area contributed by atoms with E-state index in [0.717, 1.165) is 18.2 Å². The number of esters is 1. The van der Waals surface area contributed by atoms with Crippen LogP contribution in [0.25, 0.3) is 0 Å². The van der Waals surface area contributed by atoms with Crippen molar-refractivity contribution in [3.05, 3.63) is 59.7 Å². The van der Waals surface area contributed by atoms with E-state index in [1.165, 1.54) is 24.3 Å². The molecule has 2 aromatic rings. The van der Waals surface area contributed by atoms with Crippen molar-refractivity contribution in [1.82, 2.24) is 4.72 Å². The van der Waals surface area contributed by atoms with Gasteiger partial charge in [-0.3, -0.25) is 9.59 Å². The Balaban J connectivity index is 1.83. The van der Waals surface area contributed by atoms with Gasteiger partial charge in [-0.05, 0) is 36.8 Å². The van der Waals surface area contributed by atoms with Crippen LogP contribution in [0.2, 0.25) is 0 Å². The molecule has 1 amide bonds. The molecule has 0 saturated heterocycles. The number of nitrogens with one attached hydrogen (secondary N) is 2. The van der Waals surface area contributed by atoms with E-state index < -0.39 is 51.6 Å². The van der Waals surface area contributed by atoms with Gasteiger partial charge in [-0.1, -0.05) is 18.2 Å². The number of aryl methyl sites for hydroxylation is 1. The van der Waals surface area contributed by atoms with Crippen molar-refractivity contribution in [3.63, 3.8) is 0 Å². The van der Waals surface area contributed by atoms with Crippen molar-refractivity contribution >= 4 is 27.6 Å². The Labute approximate surface area is 154 Å². The molecule has 10 heteroatoms. The van der Waals surface area contributed by atoms with E-state index in [2.05, 4.69) is 10.1 Å². The minimum absolute atomic E-state index is 0.180. The molecular weight excluding hydrogens is 382 g/mol. The zero-order valence-electron chi connectivity index (χ0n) is 14.2. The Morgan fingerprint density at radius 3 is 2.44 bits per heavy atom. The average Bonchev–Trinajstić information content (AvgIpc) is 2.61. The van der Waals surface area contributed by atoms with Gasteiger partial charge in [-0.15, -0.1) is 0 Å². The fourth-order valence-corrected chi connectivity index (χ4v) is 3.00. The molecular formula is C17H16F2N2O5S. The zero-order chi connectivity index (χ0) is 20.0. The molecule has 0 spiro atoms. The summed E-state index contributed by atoms with van der Waals surface area (Å²) in [5.41, 5.74) is 0.584. The lowest BCUT2D eigenvalue weighted by molar-refractivity contribution is -0.146. The van der Waals surface area contributed by atoms with E-state index in [4.69, 9.17) is 0 Å². The summed E-state index contributed by atoms with van der Waals surface area (Å²) < 4.78 is 57.3. The molecule has 0 aliphatic carbocycles. The van der Waals surface area contributed by atoms with Gasteiger partial charge in [-0.25, -0.2) is 17.2 Å². The maximum Gasteiger partial charge on any atom is 0.321 e. The number of carbonyl (C=O) groups is 2. The highest BCUT2D eigenvalue weighted by Crippen LogP contribution is 2.14. The predicted molar refractivity (Wildman–Crippen MR) is 92.3 cm³/mol. The molecule has 0 radical (unpaired) electrons. The minimum atomic E-state index is -4.25. The number of halogens is 2. The number of rotatable bonds is 7. The molecule has 0 fully saturated rings. The van der Waals surface area contributed by atoms with Crippen molar-refractivity contribution in [1.29, 1.82) is 0 Å². The van der Waals surface area contributed by atoms with Gasteiger partial charge >= 0.3 is 5.97 Å². The number of anilines is 1. The van der Waals surface area contributed by atoms with Gasteiger partial charge in [0.1, 0.15) is 23.1 Å². The van der Waals surface area contributed by atoms with Crippen LogP contribution < -0.4 is 10.0 Å². The van der Waals surface area contributed by atoms with Crippen LogP contribution in [0.3, 0.4) is 0 Å². The average molecular weight is 398 g/mol. The van der Waals surface area contributed by atoms with E-state index in [9.17, 15) is 26.8 Å². The first-order chi connectivity index (χ1) is 12.7. The number of amides is 1. The molecule has 0 heterocycles. The molecule has 2 aromatic carbocycles. The lowest BCUT2D eigenvalue weighted by atomic mass is 10.2. The number of carbonyl (C=O) groups excluding carboxylic acids is 2. The lowest BCUT2D eigenvalue weighted by Gasteiger charge is -2.09. The second kappa shape index (κ2) is 8.69. The first-order valence-electron chi connectivity index (χ1n) is 7.65. The molecule has 27 heavy (non-hydrogen) atoms. The van der Waals surface area contributed by atoms with Crippen LogP contribution in [0.4, 0.5) is 14.5 Å². The number of benzene rings is 2. The summed E-state index contributed by atoms with van der Waals surface area (Å²) in [4.78, 5) is 22.6. The van der Waals surface area contributed by atoms with Crippen molar-refractivity contribution in [2.24, 2.45) is 0 Å². The molecule has 0 aliphatic heterocycles. The van der Waals surface area contributed by atoms with Crippen molar-refractivity contribution in [2.45, 2.75) is 11.8 Å². The molecule has 0 saturated carbocycles. The standard InChI is InChI=1S/C17H16F2N2O5S/c1-11-6-7-12(8-14(11)19)21-16(22)10-26-17(23)9-20-27(24,25)15-5-3-2-4-13(15)18/h2-8,20H,9-10H2,1H3,(H,21,22). The molecule has 0 aromatic heterocycles. The van der Waals surface area contributed by atoms with Gasteiger partial charge < -0.3 is 10.1 Å². The molecule has 144 valence electrons. The minimum Gasteiger partial charge on any atom is -0.455 e. The Morgan fingerprint density at radius 1 is 1.07 bits per heavy atom. The van der Waals surface area contributed by atoms with Crippen molar-refractivity contribution < 1.29 is 31.5 Å². The normalized spacial score (nSPS) is 11.1. The summed E-state index contributed by atoms with van der Waals surface area (Å²) in [6.45, 7) is 0.0734. The maximum absolute atomic E-state index is 13.5. The van der Waals surface area contributed by atoms with Gasteiger partial charge in [0.15, 0.2) is 6.61 Å². The molecule has 0 unspecified atom stereocenters. The Kier molecular flexibility index (Phi) is 6.59. The second-order valence-electron chi connectivity index (χ2n) is 5.43. The van der Waals surface area contributed by atoms with Crippen LogP contribution >= 0.6 is 0 Å². The largest absolute Gasteiger partial charge is 0.455 e. The highest BCUT2D eigenvalue weighted by Gasteiger charge is 2.20. The van der Waals surface area contributed by atoms with Crippen LogP contribution in [0.1, 0.15) is 5.56 Å². The maximum atomic E-state index is 13.5. The van der Waals surface area contributed by atoms with Gasteiger partial charge in [-0.2, -0.15) is 4.72 Å². The number of hydrogen-bond donors (Lipinski definition) is 2. The summed E-state index contributed by atoms with van der Waals surface area (Å²) in [7, 11) is -4.25. The number of hydrogen-bond acceptors (Lipinski definition) is 5. The summed E-state index contributed by atoms with van der Waals surface area (Å²) in [5, 5.41) is 2.33. The van der Waals surface area contributed by atoms with Gasteiger partial charge in [0.2, 0.25) is 10.0 Å². The van der Waals surface area contributed by atoms with E-state index >= 15 is 0 Å². The molecule has 0 atom stereocenters. The second-order valence-corrected chi connectivity index (χ2v) is 7.16. The number of sulfonamides is 1. The monoisotopic (exact) mass is 398 g/mol.